The molecule has 1 N–H and O–H groups in total. The van der Waals surface area contributed by atoms with Gasteiger partial charge in [-0.2, -0.15) is 0 Å². The molecule has 0 heterocycles. The van der Waals surface area contributed by atoms with Gasteiger partial charge in [0.2, 0.25) is 0 Å². The molecule has 18 heavy (non-hydrogen) atoms. The number of benzene rings is 2. The highest BCUT2D eigenvalue weighted by molar-refractivity contribution is 9.10. The molecule has 0 saturated carbocycles. The molecule has 4 heteroatoms. The summed E-state index contributed by atoms with van der Waals surface area (Å²) < 4.78 is 1.84. The third-order valence-corrected chi connectivity index (χ3v) is 4.71. The largest absolute Gasteiger partial charge is 0.388 e. The molecule has 0 aliphatic rings. The number of hydrogen-bond acceptors (Lipinski definition) is 1. The van der Waals surface area contributed by atoms with E-state index in [2.05, 4.69) is 31.9 Å². The van der Waals surface area contributed by atoms with Crippen LogP contribution in [0.15, 0.2) is 51.4 Å². The van der Waals surface area contributed by atoms with Gasteiger partial charge in [-0.05, 0) is 45.3 Å². The van der Waals surface area contributed by atoms with Crippen molar-refractivity contribution in [2.24, 2.45) is 0 Å². The topological polar surface area (TPSA) is 20.2 Å². The van der Waals surface area contributed by atoms with Crippen molar-refractivity contribution in [1.82, 2.24) is 0 Å². The number of aliphatic hydroxyl groups is 1. The maximum Gasteiger partial charge on any atom is 0.0831 e. The Morgan fingerprint density at radius 1 is 1.06 bits per heavy atom. The lowest BCUT2D eigenvalue weighted by Gasteiger charge is -2.13. The zero-order valence-electron chi connectivity index (χ0n) is 9.41. The molecule has 1 nitrogen and oxygen atoms in total. The number of hydrogen-bond donors (Lipinski definition) is 1. The normalized spacial score (nSPS) is 12.4. The quantitative estimate of drug-likeness (QED) is 0.769. The van der Waals surface area contributed by atoms with Gasteiger partial charge in [0.25, 0.3) is 0 Å². The standard InChI is InChI=1S/C14H11Br2ClO/c15-11-4-2-1-3-9(11)8-14(18)10-5-6-12(16)13(17)7-10/h1-7,14,18H,8H2. The minimum absolute atomic E-state index is 0.555. The predicted octanol–water partition coefficient (Wildman–Crippen LogP) is 5.14. The lowest BCUT2D eigenvalue weighted by atomic mass is 10.0. The highest BCUT2D eigenvalue weighted by Crippen LogP contribution is 2.28. The van der Waals surface area contributed by atoms with Crippen molar-refractivity contribution in [3.05, 3.63) is 67.6 Å². The van der Waals surface area contributed by atoms with E-state index in [1.54, 1.807) is 6.07 Å². The molecule has 2 aromatic rings. The maximum atomic E-state index is 10.2. The van der Waals surface area contributed by atoms with Crippen LogP contribution in [0.1, 0.15) is 17.2 Å². The zero-order chi connectivity index (χ0) is 13.1. The Labute approximate surface area is 128 Å². The first-order valence-electron chi connectivity index (χ1n) is 5.44. The molecule has 0 amide bonds. The van der Waals surface area contributed by atoms with Crippen LogP contribution in [0.4, 0.5) is 0 Å². The summed E-state index contributed by atoms with van der Waals surface area (Å²) >= 11 is 12.8. The Hall–Kier alpha value is -0.350. The van der Waals surface area contributed by atoms with Gasteiger partial charge in [0.15, 0.2) is 0 Å². The van der Waals surface area contributed by atoms with Crippen molar-refractivity contribution in [2.45, 2.75) is 12.5 Å². The number of halogens is 3. The second kappa shape index (κ2) is 6.20. The minimum atomic E-state index is -0.561. The highest BCUT2D eigenvalue weighted by atomic mass is 79.9. The molecule has 0 aromatic heterocycles. The monoisotopic (exact) mass is 388 g/mol. The van der Waals surface area contributed by atoms with E-state index in [9.17, 15) is 5.11 Å². The van der Waals surface area contributed by atoms with Gasteiger partial charge in [-0.3, -0.25) is 0 Å². The molecular formula is C14H11Br2ClO. The van der Waals surface area contributed by atoms with E-state index in [-0.39, 0.29) is 0 Å². The maximum absolute atomic E-state index is 10.2. The molecule has 1 atom stereocenters. The predicted molar refractivity (Wildman–Crippen MR) is 82.0 cm³/mol. The third kappa shape index (κ3) is 3.35. The van der Waals surface area contributed by atoms with E-state index in [4.69, 9.17) is 11.6 Å². The summed E-state index contributed by atoms with van der Waals surface area (Å²) in [7, 11) is 0. The van der Waals surface area contributed by atoms with Crippen LogP contribution in [-0.4, -0.2) is 5.11 Å². The lowest BCUT2D eigenvalue weighted by molar-refractivity contribution is 0.178. The molecular weight excluding hydrogens is 379 g/mol. The van der Waals surface area contributed by atoms with E-state index in [0.717, 1.165) is 20.1 Å². The summed E-state index contributed by atoms with van der Waals surface area (Å²) in [6, 6.07) is 13.4. The van der Waals surface area contributed by atoms with Crippen molar-refractivity contribution in [3.8, 4) is 0 Å². The van der Waals surface area contributed by atoms with Crippen molar-refractivity contribution in [1.29, 1.82) is 0 Å². The number of rotatable bonds is 3. The van der Waals surface area contributed by atoms with Gasteiger partial charge < -0.3 is 5.11 Å². The molecule has 0 saturated heterocycles. The van der Waals surface area contributed by atoms with E-state index in [1.165, 1.54) is 0 Å². The van der Waals surface area contributed by atoms with Crippen LogP contribution in [0.2, 0.25) is 5.02 Å². The molecule has 0 radical (unpaired) electrons. The van der Waals surface area contributed by atoms with Crippen molar-refractivity contribution < 1.29 is 5.11 Å². The second-order valence-corrected chi connectivity index (χ2v) is 6.10. The lowest BCUT2D eigenvalue weighted by Crippen LogP contribution is -2.02. The van der Waals surface area contributed by atoms with Crippen LogP contribution in [0.3, 0.4) is 0 Å². The average molecular weight is 391 g/mol. The molecule has 2 rings (SSSR count). The Morgan fingerprint density at radius 3 is 2.44 bits per heavy atom. The molecule has 1 unspecified atom stereocenters. The summed E-state index contributed by atoms with van der Waals surface area (Å²) in [6.45, 7) is 0. The zero-order valence-corrected chi connectivity index (χ0v) is 13.3. The summed E-state index contributed by atoms with van der Waals surface area (Å²) in [5.41, 5.74) is 1.89. The summed E-state index contributed by atoms with van der Waals surface area (Å²) in [5, 5.41) is 10.8. The van der Waals surface area contributed by atoms with E-state index in [1.807, 2.05) is 36.4 Å². The Morgan fingerprint density at radius 2 is 1.78 bits per heavy atom. The Kier molecular flexibility index (Phi) is 4.84. The van der Waals surface area contributed by atoms with Crippen LogP contribution < -0.4 is 0 Å². The second-order valence-electron chi connectivity index (χ2n) is 3.98. The van der Waals surface area contributed by atoms with E-state index in [0.29, 0.717) is 11.4 Å². The fourth-order valence-corrected chi connectivity index (χ4v) is 2.59. The molecule has 0 bridgehead atoms. The molecule has 0 fully saturated rings. The van der Waals surface area contributed by atoms with Gasteiger partial charge in [0, 0.05) is 15.4 Å². The minimum Gasteiger partial charge on any atom is -0.388 e. The van der Waals surface area contributed by atoms with Gasteiger partial charge >= 0.3 is 0 Å². The van der Waals surface area contributed by atoms with Gasteiger partial charge in [0.05, 0.1) is 11.1 Å². The van der Waals surface area contributed by atoms with Crippen LogP contribution in [0.5, 0.6) is 0 Å². The van der Waals surface area contributed by atoms with E-state index < -0.39 is 6.10 Å². The SMILES string of the molecule is OC(Cc1ccccc1Br)c1ccc(Br)c(Cl)c1. The highest BCUT2D eigenvalue weighted by Gasteiger charge is 2.11. The van der Waals surface area contributed by atoms with Crippen molar-refractivity contribution >= 4 is 43.5 Å². The molecule has 0 aliphatic heterocycles. The fraction of sp³-hybridized carbons (Fsp3) is 0.143. The molecule has 2 aromatic carbocycles. The van der Waals surface area contributed by atoms with Crippen molar-refractivity contribution in [2.75, 3.05) is 0 Å². The van der Waals surface area contributed by atoms with Crippen LogP contribution >= 0.6 is 43.5 Å². The Bertz CT molecular complexity index is 557. The number of aliphatic hydroxyl groups excluding tert-OH is 1. The van der Waals surface area contributed by atoms with Crippen molar-refractivity contribution in [3.63, 3.8) is 0 Å². The van der Waals surface area contributed by atoms with E-state index >= 15 is 0 Å². The molecule has 0 spiro atoms. The molecule has 94 valence electrons. The first kappa shape index (κ1) is 14.1. The first-order valence-corrected chi connectivity index (χ1v) is 7.40. The summed E-state index contributed by atoms with van der Waals surface area (Å²) in [4.78, 5) is 0. The van der Waals surface area contributed by atoms with Gasteiger partial charge in [-0.15, -0.1) is 0 Å². The van der Waals surface area contributed by atoms with Crippen LogP contribution in [0.25, 0.3) is 0 Å². The average Bonchev–Trinajstić information content (AvgIpc) is 2.35. The first-order chi connectivity index (χ1) is 8.58. The smallest absolute Gasteiger partial charge is 0.0831 e. The summed E-state index contributed by atoms with van der Waals surface area (Å²) in [6.07, 6.45) is -0.00589. The van der Waals surface area contributed by atoms with Crippen LogP contribution in [-0.2, 0) is 6.42 Å². The van der Waals surface area contributed by atoms with Crippen LogP contribution in [0, 0.1) is 0 Å². The third-order valence-electron chi connectivity index (χ3n) is 2.70. The van der Waals surface area contributed by atoms with Gasteiger partial charge in [-0.25, -0.2) is 0 Å². The van der Waals surface area contributed by atoms with Gasteiger partial charge in [-0.1, -0.05) is 51.8 Å². The van der Waals surface area contributed by atoms with Gasteiger partial charge in [0.1, 0.15) is 0 Å². The Balaban J connectivity index is 2.19. The molecule has 0 aliphatic carbocycles. The summed E-state index contributed by atoms with van der Waals surface area (Å²) in [5.74, 6) is 0. The fourth-order valence-electron chi connectivity index (χ4n) is 1.71.